The van der Waals surface area contributed by atoms with Gasteiger partial charge in [-0.1, -0.05) is 89.4 Å². The van der Waals surface area contributed by atoms with Gasteiger partial charge < -0.3 is 5.11 Å². The second kappa shape index (κ2) is 20.7. The molecule has 27 heavy (non-hydrogen) atoms. The van der Waals surface area contributed by atoms with E-state index in [9.17, 15) is 9.59 Å². The van der Waals surface area contributed by atoms with Gasteiger partial charge in [0.1, 0.15) is 0 Å². The molecule has 0 rings (SSSR count). The van der Waals surface area contributed by atoms with E-state index >= 15 is 0 Å². The highest BCUT2D eigenvalue weighted by molar-refractivity contribution is 6.02. The van der Waals surface area contributed by atoms with E-state index in [0.29, 0.717) is 0 Å². The summed E-state index contributed by atoms with van der Waals surface area (Å²) in [6.45, 7) is 2.24. The number of carbonyl (C=O) groups excluding carboxylic acids is 1. The van der Waals surface area contributed by atoms with Crippen molar-refractivity contribution in [3.63, 3.8) is 0 Å². The summed E-state index contributed by atoms with van der Waals surface area (Å²) in [5, 5.41) is 8.42. The van der Waals surface area contributed by atoms with Gasteiger partial charge in [0.2, 0.25) is 0 Å². The number of carbonyl (C=O) groups is 2. The molecule has 0 aliphatic carbocycles. The summed E-state index contributed by atoms with van der Waals surface area (Å²) >= 11 is 0. The van der Waals surface area contributed by atoms with Crippen LogP contribution >= 0.6 is 0 Å². The fourth-order valence-corrected chi connectivity index (χ4v) is 2.90. The zero-order chi connectivity index (χ0) is 20.0. The monoisotopic (exact) mass is 376 g/mol. The van der Waals surface area contributed by atoms with Crippen molar-refractivity contribution in [2.75, 3.05) is 0 Å². The maximum Gasteiger partial charge on any atom is 0.328 e. The summed E-state index contributed by atoms with van der Waals surface area (Å²) in [6.07, 6.45) is 29.0. The minimum atomic E-state index is -1.09. The Morgan fingerprint density at radius 3 is 1.52 bits per heavy atom. The van der Waals surface area contributed by atoms with E-state index in [0.717, 1.165) is 25.0 Å². The maximum atomic E-state index is 11.3. The van der Waals surface area contributed by atoms with Crippen molar-refractivity contribution in [2.45, 2.75) is 103 Å². The van der Waals surface area contributed by atoms with Gasteiger partial charge in [0.15, 0.2) is 5.78 Å². The molecule has 0 heterocycles. The lowest BCUT2D eigenvalue weighted by molar-refractivity contribution is -0.131. The highest BCUT2D eigenvalue weighted by Gasteiger charge is 1.94. The molecule has 154 valence electrons. The third-order valence-corrected chi connectivity index (χ3v) is 4.55. The summed E-state index contributed by atoms with van der Waals surface area (Å²) < 4.78 is 0. The average molecular weight is 377 g/mol. The van der Waals surface area contributed by atoms with Crippen molar-refractivity contribution in [2.24, 2.45) is 0 Å². The van der Waals surface area contributed by atoms with Gasteiger partial charge in [0.05, 0.1) is 0 Å². The Morgan fingerprint density at radius 2 is 1.04 bits per heavy atom. The minimum absolute atomic E-state index is 0.259. The molecule has 0 aliphatic heterocycles. The van der Waals surface area contributed by atoms with Gasteiger partial charge in [-0.3, -0.25) is 4.79 Å². The standard InChI is InChI=1S/C24H40O3/c1-2-3-4-5-6-7-8-9-10-11-12-13-14-15-16-17-18-19-20-23(25)21-22-24(26)27/h5-6,19-22H,2-4,7-18H2,1H3,(H,26,27)/b6-5-,20-19+,22-21+. The molecule has 1 N–H and O–H groups in total. The van der Waals surface area contributed by atoms with E-state index in [1.54, 1.807) is 0 Å². The molecule has 0 atom stereocenters. The van der Waals surface area contributed by atoms with Crippen LogP contribution in [0.5, 0.6) is 0 Å². The predicted octanol–water partition coefficient (Wildman–Crippen LogP) is 7.18. The molecule has 0 unspecified atom stereocenters. The smallest absolute Gasteiger partial charge is 0.328 e. The Bertz CT molecular complexity index is 447. The Morgan fingerprint density at radius 1 is 0.593 bits per heavy atom. The molecule has 0 amide bonds. The lowest BCUT2D eigenvalue weighted by atomic mass is 10.0. The van der Waals surface area contributed by atoms with Crippen LogP contribution < -0.4 is 0 Å². The fourth-order valence-electron chi connectivity index (χ4n) is 2.90. The van der Waals surface area contributed by atoms with E-state index in [4.69, 9.17) is 5.11 Å². The van der Waals surface area contributed by atoms with Crippen LogP contribution in [0.25, 0.3) is 0 Å². The molecule has 0 fully saturated rings. The van der Waals surface area contributed by atoms with Crippen LogP contribution in [0.4, 0.5) is 0 Å². The molecule has 0 saturated carbocycles. The summed E-state index contributed by atoms with van der Waals surface area (Å²) in [6, 6.07) is 0. The quantitative estimate of drug-likeness (QED) is 0.147. The second-order valence-electron chi connectivity index (χ2n) is 7.20. The minimum Gasteiger partial charge on any atom is -0.478 e. The first-order chi connectivity index (χ1) is 13.2. The van der Waals surface area contributed by atoms with Gasteiger partial charge in [0, 0.05) is 6.08 Å². The number of aliphatic carboxylic acids is 1. The van der Waals surface area contributed by atoms with Crippen molar-refractivity contribution in [3.05, 3.63) is 36.5 Å². The Labute approximate surface area is 166 Å². The molecule has 0 saturated heterocycles. The zero-order valence-corrected chi connectivity index (χ0v) is 17.3. The number of hydrogen-bond acceptors (Lipinski definition) is 2. The number of carboxylic acid groups (broad SMARTS) is 1. The van der Waals surface area contributed by atoms with E-state index in [1.165, 1.54) is 89.5 Å². The molecule has 0 bridgehead atoms. The largest absolute Gasteiger partial charge is 0.478 e. The SMILES string of the molecule is CCCC/C=C\CCCCCCCCCCCC/C=C/C(=O)/C=C/C(=O)O. The van der Waals surface area contributed by atoms with Crippen LogP contribution in [0, 0.1) is 0 Å². The third kappa shape index (κ3) is 22.3. The maximum absolute atomic E-state index is 11.3. The van der Waals surface area contributed by atoms with E-state index in [2.05, 4.69) is 19.1 Å². The van der Waals surface area contributed by atoms with E-state index < -0.39 is 5.97 Å². The van der Waals surface area contributed by atoms with E-state index in [-0.39, 0.29) is 5.78 Å². The first-order valence-corrected chi connectivity index (χ1v) is 10.9. The molecular formula is C24H40O3. The molecule has 0 aromatic rings. The topological polar surface area (TPSA) is 54.4 Å². The first kappa shape index (κ1) is 25.4. The van der Waals surface area contributed by atoms with Crippen molar-refractivity contribution in [1.29, 1.82) is 0 Å². The number of hydrogen-bond donors (Lipinski definition) is 1. The van der Waals surface area contributed by atoms with Crippen LogP contribution in [0.2, 0.25) is 0 Å². The number of carboxylic acids is 1. The van der Waals surface area contributed by atoms with Gasteiger partial charge in [-0.25, -0.2) is 4.79 Å². The predicted molar refractivity (Wildman–Crippen MR) is 115 cm³/mol. The Balaban J connectivity index is 3.26. The average Bonchev–Trinajstić information content (AvgIpc) is 2.65. The van der Waals surface area contributed by atoms with Gasteiger partial charge in [-0.15, -0.1) is 0 Å². The molecule has 0 radical (unpaired) electrons. The van der Waals surface area contributed by atoms with Gasteiger partial charge in [-0.2, -0.15) is 0 Å². The summed E-state index contributed by atoms with van der Waals surface area (Å²) in [5.74, 6) is -1.35. The van der Waals surface area contributed by atoms with Gasteiger partial charge >= 0.3 is 5.97 Å². The molecule has 0 aromatic heterocycles. The lowest BCUT2D eigenvalue weighted by Crippen LogP contribution is -1.91. The van der Waals surface area contributed by atoms with Gasteiger partial charge in [0.25, 0.3) is 0 Å². The molecule has 0 aliphatic rings. The van der Waals surface area contributed by atoms with Crippen molar-refractivity contribution < 1.29 is 14.7 Å². The number of rotatable bonds is 19. The van der Waals surface area contributed by atoms with Crippen LogP contribution in [0.1, 0.15) is 103 Å². The summed E-state index contributed by atoms with van der Waals surface area (Å²) in [4.78, 5) is 21.6. The first-order valence-electron chi connectivity index (χ1n) is 10.9. The van der Waals surface area contributed by atoms with Crippen molar-refractivity contribution in [3.8, 4) is 0 Å². The Hall–Kier alpha value is -1.64. The Kier molecular flexibility index (Phi) is 19.4. The summed E-state index contributed by atoms with van der Waals surface area (Å²) in [7, 11) is 0. The van der Waals surface area contributed by atoms with Crippen LogP contribution in [-0.4, -0.2) is 16.9 Å². The second-order valence-corrected chi connectivity index (χ2v) is 7.20. The highest BCUT2D eigenvalue weighted by Crippen LogP contribution is 2.12. The number of ketones is 1. The van der Waals surface area contributed by atoms with Crippen LogP contribution in [0.3, 0.4) is 0 Å². The highest BCUT2D eigenvalue weighted by atomic mass is 16.4. The number of unbranched alkanes of at least 4 members (excludes halogenated alkanes) is 13. The molecule has 0 spiro atoms. The fraction of sp³-hybridized carbons (Fsp3) is 0.667. The lowest BCUT2D eigenvalue weighted by Gasteiger charge is -2.02. The van der Waals surface area contributed by atoms with Crippen molar-refractivity contribution >= 4 is 11.8 Å². The molecular weight excluding hydrogens is 336 g/mol. The van der Waals surface area contributed by atoms with Crippen molar-refractivity contribution in [1.82, 2.24) is 0 Å². The van der Waals surface area contributed by atoms with Gasteiger partial charge in [-0.05, 0) is 44.3 Å². The number of allylic oxidation sites excluding steroid dienone is 5. The third-order valence-electron chi connectivity index (χ3n) is 4.55. The molecule has 3 nitrogen and oxygen atoms in total. The zero-order valence-electron chi connectivity index (χ0n) is 17.3. The van der Waals surface area contributed by atoms with E-state index in [1.807, 2.05) is 6.08 Å². The van der Waals surface area contributed by atoms with Crippen LogP contribution in [0.15, 0.2) is 36.5 Å². The molecule has 0 aromatic carbocycles. The normalized spacial score (nSPS) is 11.9. The summed E-state index contributed by atoms with van der Waals surface area (Å²) in [5.41, 5.74) is 0. The molecule has 3 heteroatoms. The van der Waals surface area contributed by atoms with Crippen LogP contribution in [-0.2, 0) is 9.59 Å².